The zero-order valence-corrected chi connectivity index (χ0v) is 30.1. The van der Waals surface area contributed by atoms with E-state index in [9.17, 15) is 0 Å². The second kappa shape index (κ2) is 11.8. The van der Waals surface area contributed by atoms with E-state index in [4.69, 9.17) is 19.4 Å². The van der Waals surface area contributed by atoms with Gasteiger partial charge in [-0.1, -0.05) is 158 Å². The molecule has 0 radical (unpaired) electrons. The number of rotatable bonds is 4. The summed E-state index contributed by atoms with van der Waals surface area (Å²) in [5.41, 5.74) is 16.5. The molecule has 1 spiro atoms. The Balaban J connectivity index is 1.04. The van der Waals surface area contributed by atoms with Crippen molar-refractivity contribution in [2.24, 2.45) is 0 Å². The normalized spacial score (nSPS) is 13.1. The van der Waals surface area contributed by atoms with E-state index in [2.05, 4.69) is 152 Å². The maximum absolute atomic E-state index is 6.84. The molecular formula is C52H31N3O. The predicted molar refractivity (Wildman–Crippen MR) is 225 cm³/mol. The van der Waals surface area contributed by atoms with Crippen molar-refractivity contribution >= 4 is 21.9 Å². The summed E-state index contributed by atoms with van der Waals surface area (Å²) in [7, 11) is 0. The zero-order valence-electron chi connectivity index (χ0n) is 30.1. The molecule has 0 fully saturated rings. The highest BCUT2D eigenvalue weighted by molar-refractivity contribution is 6.09. The van der Waals surface area contributed by atoms with Gasteiger partial charge >= 0.3 is 0 Å². The maximum Gasteiger partial charge on any atom is 0.164 e. The summed E-state index contributed by atoms with van der Waals surface area (Å²) < 4.78 is 6.84. The summed E-state index contributed by atoms with van der Waals surface area (Å²) >= 11 is 0. The smallest absolute Gasteiger partial charge is 0.164 e. The molecule has 2 aromatic heterocycles. The van der Waals surface area contributed by atoms with Gasteiger partial charge in [0.1, 0.15) is 11.2 Å². The number of nitrogens with zero attached hydrogens (tertiary/aromatic N) is 3. The Labute approximate surface area is 323 Å². The Kier molecular flexibility index (Phi) is 6.52. The largest absolute Gasteiger partial charge is 0.456 e. The molecule has 0 N–H and O–H groups in total. The lowest BCUT2D eigenvalue weighted by Crippen LogP contribution is -2.25. The number of aromatic nitrogens is 3. The molecule has 0 saturated carbocycles. The van der Waals surface area contributed by atoms with Crippen LogP contribution in [0.25, 0.3) is 89.5 Å². The number of fused-ring (bicyclic) bond motifs is 13. The highest BCUT2D eigenvalue weighted by Crippen LogP contribution is 2.63. The van der Waals surface area contributed by atoms with E-state index in [1.165, 1.54) is 44.5 Å². The highest BCUT2D eigenvalue weighted by atomic mass is 16.3. The Morgan fingerprint density at radius 2 is 0.786 bits per heavy atom. The molecule has 8 aromatic carbocycles. The highest BCUT2D eigenvalue weighted by Gasteiger charge is 2.51. The van der Waals surface area contributed by atoms with Crippen LogP contribution in [0, 0.1) is 0 Å². The third-order valence-corrected chi connectivity index (χ3v) is 11.7. The monoisotopic (exact) mass is 713 g/mol. The van der Waals surface area contributed by atoms with Crippen molar-refractivity contribution in [3.8, 4) is 67.5 Å². The second-order valence-electron chi connectivity index (χ2n) is 14.7. The lowest BCUT2D eigenvalue weighted by Gasteiger charge is -2.30. The Morgan fingerprint density at radius 3 is 1.43 bits per heavy atom. The Morgan fingerprint density at radius 1 is 0.304 bits per heavy atom. The van der Waals surface area contributed by atoms with E-state index in [1.807, 2.05) is 36.4 Å². The standard InChI is InChI=1S/C52H31N3O/c1-3-14-32(15-4-1)34-18-13-19-35(28-34)50-53-49(33-16-5-2-6-17-33)54-51(55-50)36-26-27-40-42-30-41-39-22-9-12-25-45(39)52(46(41)31-48(42)56-47(40)29-36)43-23-10-7-20-37(43)38-21-8-11-24-44(38)52/h1-31H. The summed E-state index contributed by atoms with van der Waals surface area (Å²) in [4.78, 5) is 15.1. The molecule has 260 valence electrons. The molecule has 0 bridgehead atoms. The van der Waals surface area contributed by atoms with Crippen molar-refractivity contribution in [2.45, 2.75) is 5.41 Å². The van der Waals surface area contributed by atoms with Gasteiger partial charge < -0.3 is 4.42 Å². The van der Waals surface area contributed by atoms with Crippen LogP contribution in [-0.4, -0.2) is 15.0 Å². The lowest BCUT2D eigenvalue weighted by molar-refractivity contribution is 0.666. The van der Waals surface area contributed by atoms with Crippen LogP contribution in [0.5, 0.6) is 0 Å². The van der Waals surface area contributed by atoms with Crippen LogP contribution in [0.4, 0.5) is 0 Å². The van der Waals surface area contributed by atoms with Crippen LogP contribution in [0.15, 0.2) is 192 Å². The fourth-order valence-corrected chi connectivity index (χ4v) is 9.32. The van der Waals surface area contributed by atoms with E-state index < -0.39 is 5.41 Å². The number of furan rings is 1. The van der Waals surface area contributed by atoms with Crippen LogP contribution >= 0.6 is 0 Å². The van der Waals surface area contributed by atoms with Gasteiger partial charge in [-0.25, -0.2) is 15.0 Å². The lowest BCUT2D eigenvalue weighted by atomic mass is 9.70. The van der Waals surface area contributed by atoms with Gasteiger partial charge in [0, 0.05) is 27.5 Å². The van der Waals surface area contributed by atoms with Crippen molar-refractivity contribution in [3.05, 3.63) is 210 Å². The molecule has 56 heavy (non-hydrogen) atoms. The van der Waals surface area contributed by atoms with Crippen molar-refractivity contribution in [1.29, 1.82) is 0 Å². The van der Waals surface area contributed by atoms with Crippen molar-refractivity contribution in [3.63, 3.8) is 0 Å². The van der Waals surface area contributed by atoms with E-state index in [0.29, 0.717) is 17.5 Å². The predicted octanol–water partition coefficient (Wildman–Crippen LogP) is 12.8. The molecule has 4 heteroatoms. The maximum atomic E-state index is 6.84. The van der Waals surface area contributed by atoms with Gasteiger partial charge in [-0.15, -0.1) is 0 Å². The molecule has 2 heterocycles. The van der Waals surface area contributed by atoms with E-state index in [1.54, 1.807) is 0 Å². The minimum absolute atomic E-state index is 0.426. The third-order valence-electron chi connectivity index (χ3n) is 11.7. The first kappa shape index (κ1) is 31.0. The summed E-state index contributed by atoms with van der Waals surface area (Å²) in [6.45, 7) is 0. The van der Waals surface area contributed by atoms with Gasteiger partial charge in [0.25, 0.3) is 0 Å². The van der Waals surface area contributed by atoms with Gasteiger partial charge in [-0.05, 0) is 86.0 Å². The van der Waals surface area contributed by atoms with Crippen molar-refractivity contribution in [2.75, 3.05) is 0 Å². The molecule has 2 aliphatic rings. The second-order valence-corrected chi connectivity index (χ2v) is 14.7. The van der Waals surface area contributed by atoms with E-state index in [-0.39, 0.29) is 0 Å². The topological polar surface area (TPSA) is 51.8 Å². The van der Waals surface area contributed by atoms with E-state index in [0.717, 1.165) is 49.8 Å². The van der Waals surface area contributed by atoms with Crippen LogP contribution in [0.2, 0.25) is 0 Å². The molecule has 0 atom stereocenters. The molecule has 2 aliphatic carbocycles. The molecule has 10 aromatic rings. The molecule has 0 saturated heterocycles. The quantitative estimate of drug-likeness (QED) is 0.182. The summed E-state index contributed by atoms with van der Waals surface area (Å²) in [6, 6.07) is 66.6. The van der Waals surface area contributed by atoms with Crippen molar-refractivity contribution < 1.29 is 4.42 Å². The summed E-state index contributed by atoms with van der Waals surface area (Å²) in [5.74, 6) is 1.84. The summed E-state index contributed by atoms with van der Waals surface area (Å²) in [6.07, 6.45) is 0. The SMILES string of the molecule is c1ccc(-c2cccc(-c3nc(-c4ccccc4)nc(-c4ccc5c(c4)oc4cc6c(cc45)-c4ccccc4C64c5ccccc5-c5ccccc54)n3)c2)cc1. The fraction of sp³-hybridized carbons (Fsp3) is 0.0192. The molecule has 0 unspecified atom stereocenters. The summed E-state index contributed by atoms with van der Waals surface area (Å²) in [5, 5.41) is 2.15. The fourth-order valence-electron chi connectivity index (χ4n) is 9.32. The minimum Gasteiger partial charge on any atom is -0.456 e. The number of hydrogen-bond acceptors (Lipinski definition) is 4. The Bertz CT molecular complexity index is 3160. The Hall–Kier alpha value is -7.43. The van der Waals surface area contributed by atoms with Gasteiger partial charge in [0.2, 0.25) is 0 Å². The molecular weight excluding hydrogens is 683 g/mol. The molecule has 4 nitrogen and oxygen atoms in total. The average molecular weight is 714 g/mol. The molecule has 0 amide bonds. The van der Waals surface area contributed by atoms with Gasteiger partial charge in [-0.3, -0.25) is 0 Å². The van der Waals surface area contributed by atoms with Crippen LogP contribution < -0.4 is 0 Å². The van der Waals surface area contributed by atoms with Gasteiger partial charge in [-0.2, -0.15) is 0 Å². The molecule has 0 aliphatic heterocycles. The van der Waals surface area contributed by atoms with Gasteiger partial charge in [0.05, 0.1) is 5.41 Å². The van der Waals surface area contributed by atoms with Crippen molar-refractivity contribution in [1.82, 2.24) is 15.0 Å². The van der Waals surface area contributed by atoms with E-state index >= 15 is 0 Å². The zero-order chi connectivity index (χ0) is 36.8. The van der Waals surface area contributed by atoms with Gasteiger partial charge in [0.15, 0.2) is 17.5 Å². The van der Waals surface area contributed by atoms with Crippen LogP contribution in [-0.2, 0) is 5.41 Å². The first-order valence-corrected chi connectivity index (χ1v) is 19.0. The third kappa shape index (κ3) is 4.38. The number of hydrogen-bond donors (Lipinski definition) is 0. The number of benzene rings is 8. The minimum atomic E-state index is -0.426. The average Bonchev–Trinajstić information content (AvgIpc) is 3.89. The molecule has 12 rings (SSSR count). The van der Waals surface area contributed by atoms with Crippen LogP contribution in [0.3, 0.4) is 0 Å². The van der Waals surface area contributed by atoms with Crippen LogP contribution in [0.1, 0.15) is 22.3 Å². The first-order valence-electron chi connectivity index (χ1n) is 19.0. The first-order chi connectivity index (χ1) is 27.7.